The fourth-order valence-electron chi connectivity index (χ4n) is 0.938. The van der Waals surface area contributed by atoms with Crippen LogP contribution >= 0.6 is 27.3 Å². The highest BCUT2D eigenvalue weighted by Crippen LogP contribution is 2.22. The second-order valence-corrected chi connectivity index (χ2v) is 6.50. The van der Waals surface area contributed by atoms with Gasteiger partial charge in [0.25, 0.3) is 0 Å². The van der Waals surface area contributed by atoms with E-state index in [0.29, 0.717) is 0 Å². The van der Waals surface area contributed by atoms with Crippen LogP contribution in [0.1, 0.15) is 18.7 Å². The minimum atomic E-state index is -0.880. The van der Waals surface area contributed by atoms with Crippen LogP contribution in [0.5, 0.6) is 0 Å². The van der Waals surface area contributed by atoms with Crippen molar-refractivity contribution in [2.24, 2.45) is 0 Å². The van der Waals surface area contributed by atoms with Gasteiger partial charge < -0.3 is 10.4 Å². The Balaban J connectivity index is 2.43. The van der Waals surface area contributed by atoms with Gasteiger partial charge in [0, 0.05) is 17.5 Å². The maximum absolute atomic E-state index is 11.4. The third-order valence-corrected chi connectivity index (χ3v) is 3.28. The Morgan fingerprint density at radius 1 is 1.62 bits per heavy atom. The topological polar surface area (TPSA) is 49.3 Å². The third kappa shape index (κ3) is 5.44. The fraction of sp³-hybridized carbons (Fsp3) is 0.364. The molecule has 0 spiro atoms. The Kier molecular flexibility index (Phi) is 4.70. The summed E-state index contributed by atoms with van der Waals surface area (Å²) in [5.41, 5.74) is -0.880. The number of rotatable bonds is 4. The van der Waals surface area contributed by atoms with E-state index >= 15 is 0 Å². The second-order valence-electron chi connectivity index (χ2n) is 4.01. The molecule has 0 saturated heterocycles. The Morgan fingerprint density at radius 2 is 2.31 bits per heavy atom. The van der Waals surface area contributed by atoms with Crippen molar-refractivity contribution in [3.05, 3.63) is 26.9 Å². The predicted molar refractivity (Wildman–Crippen MR) is 70.4 cm³/mol. The molecule has 0 radical (unpaired) electrons. The average molecular weight is 304 g/mol. The maximum atomic E-state index is 11.4. The molecule has 1 amide bonds. The molecule has 0 bridgehead atoms. The molecule has 5 heteroatoms. The van der Waals surface area contributed by atoms with Gasteiger partial charge in [0.2, 0.25) is 5.91 Å². The first kappa shape index (κ1) is 13.4. The largest absolute Gasteiger partial charge is 0.389 e. The summed E-state index contributed by atoms with van der Waals surface area (Å²) in [6.45, 7) is 3.53. The highest BCUT2D eigenvalue weighted by Gasteiger charge is 2.12. The third-order valence-electron chi connectivity index (χ3n) is 1.69. The lowest BCUT2D eigenvalue weighted by molar-refractivity contribution is -0.117. The summed E-state index contributed by atoms with van der Waals surface area (Å²) in [4.78, 5) is 12.4. The monoisotopic (exact) mass is 303 g/mol. The molecule has 0 aliphatic heterocycles. The van der Waals surface area contributed by atoms with E-state index < -0.39 is 5.60 Å². The van der Waals surface area contributed by atoms with Crippen molar-refractivity contribution in [1.29, 1.82) is 0 Å². The predicted octanol–water partition coefficient (Wildman–Crippen LogP) is 2.41. The first-order chi connectivity index (χ1) is 7.37. The molecule has 1 rings (SSSR count). The highest BCUT2D eigenvalue weighted by atomic mass is 79.9. The molecule has 0 unspecified atom stereocenters. The van der Waals surface area contributed by atoms with Crippen molar-refractivity contribution in [2.45, 2.75) is 19.4 Å². The molecule has 2 N–H and O–H groups in total. The molecule has 0 fully saturated rings. The SMILES string of the molecule is CC(C)(O)CNC(=O)C=Cc1ccc(Br)s1. The van der Waals surface area contributed by atoms with Gasteiger partial charge in [0.1, 0.15) is 0 Å². The summed E-state index contributed by atoms with van der Waals surface area (Å²) >= 11 is 4.90. The van der Waals surface area contributed by atoms with Crippen LogP contribution in [0.25, 0.3) is 6.08 Å². The van der Waals surface area contributed by atoms with Crippen molar-refractivity contribution >= 4 is 39.2 Å². The summed E-state index contributed by atoms with van der Waals surface area (Å²) in [6, 6.07) is 3.85. The van der Waals surface area contributed by atoms with E-state index in [4.69, 9.17) is 0 Å². The number of hydrogen-bond donors (Lipinski definition) is 2. The lowest BCUT2D eigenvalue weighted by Crippen LogP contribution is -2.37. The number of halogens is 1. The van der Waals surface area contributed by atoms with Gasteiger partial charge in [0.15, 0.2) is 0 Å². The van der Waals surface area contributed by atoms with Gasteiger partial charge in [-0.1, -0.05) is 0 Å². The Labute approximate surface area is 107 Å². The minimum Gasteiger partial charge on any atom is -0.389 e. The fourth-order valence-corrected chi connectivity index (χ4v) is 2.26. The highest BCUT2D eigenvalue weighted by molar-refractivity contribution is 9.11. The van der Waals surface area contributed by atoms with Crippen LogP contribution < -0.4 is 5.32 Å². The molecule has 1 heterocycles. The van der Waals surface area contributed by atoms with Gasteiger partial charge in [-0.15, -0.1) is 11.3 Å². The van der Waals surface area contributed by atoms with E-state index in [1.54, 1.807) is 31.3 Å². The summed E-state index contributed by atoms with van der Waals surface area (Å²) in [5, 5.41) is 12.0. The summed E-state index contributed by atoms with van der Waals surface area (Å²) in [5.74, 6) is -0.202. The number of hydrogen-bond acceptors (Lipinski definition) is 3. The molecule has 3 nitrogen and oxygen atoms in total. The first-order valence-corrected chi connectivity index (χ1v) is 6.41. The zero-order valence-electron chi connectivity index (χ0n) is 9.16. The number of thiophene rings is 1. The molecule has 1 aromatic rings. The van der Waals surface area contributed by atoms with Gasteiger partial charge in [-0.05, 0) is 48.0 Å². The summed E-state index contributed by atoms with van der Waals surface area (Å²) in [6.07, 6.45) is 3.21. The molecule has 0 saturated carbocycles. The number of carbonyl (C=O) groups excluding carboxylic acids is 1. The van der Waals surface area contributed by atoms with Crippen LogP contribution in [0.4, 0.5) is 0 Å². The van der Waals surface area contributed by atoms with Crippen molar-refractivity contribution in [3.63, 3.8) is 0 Å². The van der Waals surface area contributed by atoms with E-state index in [-0.39, 0.29) is 12.5 Å². The Bertz CT molecular complexity index is 393. The normalized spacial score (nSPS) is 12.0. The molecule has 0 aliphatic carbocycles. The first-order valence-electron chi connectivity index (χ1n) is 4.80. The number of aliphatic hydroxyl groups is 1. The van der Waals surface area contributed by atoms with Crippen molar-refractivity contribution in [1.82, 2.24) is 5.32 Å². The Hall–Kier alpha value is -0.650. The van der Waals surface area contributed by atoms with Gasteiger partial charge >= 0.3 is 0 Å². The molecule has 88 valence electrons. The standard InChI is InChI=1S/C11H14BrNO2S/c1-11(2,15)7-13-10(14)6-4-8-3-5-9(12)16-8/h3-6,15H,7H2,1-2H3,(H,13,14). The van der Waals surface area contributed by atoms with Crippen LogP contribution in [0.2, 0.25) is 0 Å². The van der Waals surface area contributed by atoms with Gasteiger partial charge in [0.05, 0.1) is 9.39 Å². The number of carbonyl (C=O) groups is 1. The van der Waals surface area contributed by atoms with E-state index in [1.165, 1.54) is 6.08 Å². The maximum Gasteiger partial charge on any atom is 0.244 e. The molecule has 0 atom stereocenters. The molecule has 0 aliphatic rings. The zero-order valence-corrected chi connectivity index (χ0v) is 11.6. The lowest BCUT2D eigenvalue weighted by atomic mass is 10.1. The van der Waals surface area contributed by atoms with Crippen LogP contribution in [0.15, 0.2) is 22.0 Å². The van der Waals surface area contributed by atoms with E-state index in [0.717, 1.165) is 8.66 Å². The number of amides is 1. The van der Waals surface area contributed by atoms with Crippen molar-refractivity contribution in [3.8, 4) is 0 Å². The molecule has 0 aromatic carbocycles. The van der Waals surface area contributed by atoms with E-state index in [9.17, 15) is 9.90 Å². The minimum absolute atomic E-state index is 0.202. The number of nitrogens with one attached hydrogen (secondary N) is 1. The molecular weight excluding hydrogens is 290 g/mol. The summed E-state index contributed by atoms with van der Waals surface area (Å²) < 4.78 is 1.03. The van der Waals surface area contributed by atoms with Gasteiger partial charge in [-0.25, -0.2) is 0 Å². The lowest BCUT2D eigenvalue weighted by Gasteiger charge is -2.16. The van der Waals surface area contributed by atoms with E-state index in [1.807, 2.05) is 12.1 Å². The smallest absolute Gasteiger partial charge is 0.244 e. The van der Waals surface area contributed by atoms with Gasteiger partial charge in [-0.3, -0.25) is 4.79 Å². The van der Waals surface area contributed by atoms with Crippen LogP contribution in [-0.2, 0) is 4.79 Å². The summed E-state index contributed by atoms with van der Waals surface area (Å²) in [7, 11) is 0. The van der Waals surface area contributed by atoms with Crippen LogP contribution in [0, 0.1) is 0 Å². The Morgan fingerprint density at radius 3 is 2.81 bits per heavy atom. The average Bonchev–Trinajstić information content (AvgIpc) is 2.57. The zero-order chi connectivity index (χ0) is 12.2. The molecular formula is C11H14BrNO2S. The van der Waals surface area contributed by atoms with Crippen molar-refractivity contribution < 1.29 is 9.90 Å². The quantitative estimate of drug-likeness (QED) is 0.839. The van der Waals surface area contributed by atoms with Crippen molar-refractivity contribution in [2.75, 3.05) is 6.54 Å². The van der Waals surface area contributed by atoms with E-state index in [2.05, 4.69) is 21.2 Å². The van der Waals surface area contributed by atoms with Gasteiger partial charge in [-0.2, -0.15) is 0 Å². The molecule has 16 heavy (non-hydrogen) atoms. The second kappa shape index (κ2) is 5.61. The van der Waals surface area contributed by atoms with Crippen LogP contribution in [-0.4, -0.2) is 23.2 Å². The van der Waals surface area contributed by atoms with Crippen LogP contribution in [0.3, 0.4) is 0 Å². The molecule has 1 aromatic heterocycles.